The van der Waals surface area contributed by atoms with Crippen molar-refractivity contribution in [2.24, 2.45) is 5.18 Å². The molecule has 0 aromatic carbocycles. The minimum absolute atomic E-state index is 0.673. The Morgan fingerprint density at radius 2 is 2.10 bits per heavy atom. The molecule has 1 heterocycles. The maximum atomic E-state index is 9.90. The molecule has 0 fully saturated rings. The highest BCUT2D eigenvalue weighted by Crippen LogP contribution is 2.19. The largest absolute Gasteiger partial charge is 0.265 e. The summed E-state index contributed by atoms with van der Waals surface area (Å²) in [5.74, 6) is 0. The molecule has 0 bridgehead atoms. The highest BCUT2D eigenvalue weighted by atomic mass is 35.5. The second kappa shape index (κ2) is 3.27. The monoisotopic (exact) mass is 156 g/mol. The number of nitrogens with zero attached hydrogens (tertiary/aromatic N) is 2. The van der Waals surface area contributed by atoms with Crippen LogP contribution in [0.15, 0.2) is 29.7 Å². The number of hydrogen-bond donors (Lipinski definition) is 0. The Balaban J connectivity index is 2.84. The Hall–Kier alpha value is -0.960. The van der Waals surface area contributed by atoms with Crippen LogP contribution in [0.1, 0.15) is 11.1 Å². The van der Waals surface area contributed by atoms with Gasteiger partial charge in [-0.1, -0.05) is 11.6 Å². The fourth-order valence-electron chi connectivity index (χ4n) is 0.583. The van der Waals surface area contributed by atoms with E-state index < -0.39 is 5.50 Å². The Labute approximate surface area is 63.0 Å². The summed E-state index contributed by atoms with van der Waals surface area (Å²) in [5, 5.41) is 2.65. The summed E-state index contributed by atoms with van der Waals surface area (Å²) < 4.78 is 0. The Kier molecular flexibility index (Phi) is 2.34. The van der Waals surface area contributed by atoms with E-state index in [1.165, 1.54) is 0 Å². The van der Waals surface area contributed by atoms with Crippen molar-refractivity contribution in [2.75, 3.05) is 0 Å². The summed E-state index contributed by atoms with van der Waals surface area (Å²) in [6, 6.07) is 3.30. The van der Waals surface area contributed by atoms with Crippen LogP contribution in [0.2, 0.25) is 0 Å². The molecule has 52 valence electrons. The van der Waals surface area contributed by atoms with Gasteiger partial charge in [0.2, 0.25) is 0 Å². The molecular weight excluding hydrogens is 152 g/mol. The zero-order chi connectivity index (χ0) is 7.40. The van der Waals surface area contributed by atoms with Crippen LogP contribution in [0.4, 0.5) is 0 Å². The van der Waals surface area contributed by atoms with Gasteiger partial charge < -0.3 is 0 Å². The molecule has 0 amide bonds. The Bertz CT molecular complexity index is 214. The predicted molar refractivity (Wildman–Crippen MR) is 38.6 cm³/mol. The molecule has 1 unspecified atom stereocenters. The van der Waals surface area contributed by atoms with Gasteiger partial charge in [-0.25, -0.2) is 0 Å². The number of hydrogen-bond acceptors (Lipinski definition) is 3. The minimum Gasteiger partial charge on any atom is -0.265 e. The smallest absolute Gasteiger partial charge is 0.190 e. The third kappa shape index (κ3) is 1.51. The lowest BCUT2D eigenvalue weighted by Crippen LogP contribution is -1.83. The summed E-state index contributed by atoms with van der Waals surface area (Å²) in [7, 11) is 0. The van der Waals surface area contributed by atoms with Gasteiger partial charge in [0, 0.05) is 12.4 Å². The summed E-state index contributed by atoms with van der Waals surface area (Å²) in [4.78, 5) is 13.7. The number of halogens is 1. The first-order valence-electron chi connectivity index (χ1n) is 2.71. The highest BCUT2D eigenvalue weighted by molar-refractivity contribution is 6.20. The van der Waals surface area contributed by atoms with Gasteiger partial charge in [-0.2, -0.15) is 0 Å². The molecule has 0 aliphatic heterocycles. The van der Waals surface area contributed by atoms with Gasteiger partial charge in [0.15, 0.2) is 5.50 Å². The third-order valence-electron chi connectivity index (χ3n) is 1.07. The van der Waals surface area contributed by atoms with Gasteiger partial charge in [-0.3, -0.25) is 4.98 Å². The molecule has 0 spiro atoms. The van der Waals surface area contributed by atoms with Gasteiger partial charge in [0.1, 0.15) is 0 Å². The van der Waals surface area contributed by atoms with Gasteiger partial charge >= 0.3 is 0 Å². The second-order valence-electron chi connectivity index (χ2n) is 1.72. The summed E-state index contributed by atoms with van der Waals surface area (Å²) in [6.07, 6.45) is 3.13. The number of nitroso groups, excluding NO2 is 1. The molecule has 1 aromatic rings. The molecule has 0 aliphatic rings. The van der Waals surface area contributed by atoms with Gasteiger partial charge in [0.05, 0.1) is 0 Å². The van der Waals surface area contributed by atoms with E-state index in [1.54, 1.807) is 24.5 Å². The van der Waals surface area contributed by atoms with E-state index in [2.05, 4.69) is 10.2 Å². The van der Waals surface area contributed by atoms with Crippen molar-refractivity contribution < 1.29 is 0 Å². The van der Waals surface area contributed by atoms with E-state index in [-0.39, 0.29) is 0 Å². The summed E-state index contributed by atoms with van der Waals surface area (Å²) in [6.45, 7) is 0. The summed E-state index contributed by atoms with van der Waals surface area (Å²) >= 11 is 5.48. The molecule has 1 rings (SSSR count). The lowest BCUT2D eigenvalue weighted by molar-refractivity contribution is 0.997. The molecule has 4 heteroatoms. The van der Waals surface area contributed by atoms with Crippen molar-refractivity contribution in [1.29, 1.82) is 0 Å². The van der Waals surface area contributed by atoms with Crippen LogP contribution in [0, 0.1) is 4.91 Å². The fraction of sp³-hybridized carbons (Fsp3) is 0.167. The standard InChI is InChI=1S/C6H5ClN2O/c7-6(9-10)5-1-3-8-4-2-5/h1-4,6H. The summed E-state index contributed by atoms with van der Waals surface area (Å²) in [5.41, 5.74) is -0.116. The number of alkyl halides is 1. The molecular formula is C6H5ClN2O. The number of rotatable bonds is 2. The van der Waals surface area contributed by atoms with Crippen molar-refractivity contribution in [1.82, 2.24) is 4.98 Å². The SMILES string of the molecule is O=NC(Cl)c1ccncc1. The van der Waals surface area contributed by atoms with Gasteiger partial charge in [0.25, 0.3) is 0 Å². The molecule has 0 N–H and O–H groups in total. The first-order chi connectivity index (χ1) is 4.84. The highest BCUT2D eigenvalue weighted by Gasteiger charge is 2.04. The van der Waals surface area contributed by atoms with Crippen LogP contribution >= 0.6 is 11.6 Å². The van der Waals surface area contributed by atoms with Gasteiger partial charge in [-0.05, 0) is 22.9 Å². The van der Waals surface area contributed by atoms with Crippen LogP contribution < -0.4 is 0 Å². The molecule has 1 atom stereocenters. The fourth-order valence-corrected chi connectivity index (χ4v) is 0.729. The van der Waals surface area contributed by atoms with Crippen molar-refractivity contribution in [3.05, 3.63) is 35.0 Å². The molecule has 0 saturated carbocycles. The first kappa shape index (κ1) is 7.15. The second-order valence-corrected chi connectivity index (χ2v) is 2.14. The molecule has 0 saturated heterocycles. The van der Waals surface area contributed by atoms with E-state index in [0.717, 1.165) is 0 Å². The minimum atomic E-state index is -0.789. The van der Waals surface area contributed by atoms with Crippen LogP contribution in [0.3, 0.4) is 0 Å². The van der Waals surface area contributed by atoms with Crippen LogP contribution in [-0.4, -0.2) is 4.98 Å². The van der Waals surface area contributed by atoms with E-state index in [9.17, 15) is 4.91 Å². The molecule has 0 radical (unpaired) electrons. The maximum absolute atomic E-state index is 9.90. The predicted octanol–water partition coefficient (Wildman–Crippen LogP) is 2.09. The lowest BCUT2D eigenvalue weighted by Gasteiger charge is -1.96. The molecule has 10 heavy (non-hydrogen) atoms. The molecule has 1 aromatic heterocycles. The van der Waals surface area contributed by atoms with E-state index in [1.807, 2.05) is 0 Å². The average molecular weight is 157 g/mol. The topological polar surface area (TPSA) is 42.3 Å². The number of aromatic nitrogens is 1. The van der Waals surface area contributed by atoms with Crippen LogP contribution in [-0.2, 0) is 0 Å². The average Bonchev–Trinajstić information content (AvgIpc) is 2.05. The zero-order valence-corrected chi connectivity index (χ0v) is 5.82. The van der Waals surface area contributed by atoms with Crippen LogP contribution in [0.5, 0.6) is 0 Å². The zero-order valence-electron chi connectivity index (χ0n) is 5.07. The molecule has 0 aliphatic carbocycles. The maximum Gasteiger partial charge on any atom is 0.190 e. The van der Waals surface area contributed by atoms with Crippen molar-refractivity contribution >= 4 is 11.6 Å². The van der Waals surface area contributed by atoms with E-state index >= 15 is 0 Å². The quantitative estimate of drug-likeness (QED) is 0.374. The van der Waals surface area contributed by atoms with Gasteiger partial charge in [-0.15, -0.1) is 4.91 Å². The van der Waals surface area contributed by atoms with Crippen molar-refractivity contribution in [3.8, 4) is 0 Å². The normalized spacial score (nSPS) is 12.5. The Morgan fingerprint density at radius 1 is 1.50 bits per heavy atom. The molecule has 3 nitrogen and oxygen atoms in total. The Morgan fingerprint density at radius 3 is 2.60 bits per heavy atom. The lowest BCUT2D eigenvalue weighted by atomic mass is 10.3. The first-order valence-corrected chi connectivity index (χ1v) is 3.14. The van der Waals surface area contributed by atoms with Crippen molar-refractivity contribution in [2.45, 2.75) is 5.50 Å². The van der Waals surface area contributed by atoms with E-state index in [0.29, 0.717) is 5.56 Å². The van der Waals surface area contributed by atoms with Crippen molar-refractivity contribution in [3.63, 3.8) is 0 Å². The third-order valence-corrected chi connectivity index (χ3v) is 1.41. The number of pyridine rings is 1. The van der Waals surface area contributed by atoms with Crippen LogP contribution in [0.25, 0.3) is 0 Å². The van der Waals surface area contributed by atoms with E-state index in [4.69, 9.17) is 11.6 Å².